The van der Waals surface area contributed by atoms with Gasteiger partial charge in [0.05, 0.1) is 16.4 Å². The number of aryl methyl sites for hydroxylation is 2. The minimum Gasteiger partial charge on any atom is -0.312 e. The summed E-state index contributed by atoms with van der Waals surface area (Å²) in [5, 5.41) is 8.75. The standard InChI is InChI=1S/C12H21ClN4/c1-4-10-12(13)11(16(3)15-10)8-17-6-5-14-9(2)7-17/h9,14H,4-8H2,1-3H3/t9-/m1/s1. The molecule has 0 spiro atoms. The molecule has 17 heavy (non-hydrogen) atoms. The fourth-order valence-electron chi connectivity index (χ4n) is 2.36. The van der Waals surface area contributed by atoms with Crippen molar-refractivity contribution in [1.82, 2.24) is 20.0 Å². The van der Waals surface area contributed by atoms with Crippen molar-refractivity contribution in [2.45, 2.75) is 32.9 Å². The van der Waals surface area contributed by atoms with Crippen molar-refractivity contribution in [2.24, 2.45) is 7.05 Å². The largest absolute Gasteiger partial charge is 0.312 e. The summed E-state index contributed by atoms with van der Waals surface area (Å²) in [6, 6.07) is 0.557. The maximum Gasteiger partial charge on any atom is 0.0863 e. The first-order valence-electron chi connectivity index (χ1n) is 6.27. The topological polar surface area (TPSA) is 33.1 Å². The molecule has 0 amide bonds. The Morgan fingerprint density at radius 3 is 2.88 bits per heavy atom. The Kier molecular flexibility index (Phi) is 4.07. The van der Waals surface area contributed by atoms with Gasteiger partial charge < -0.3 is 5.32 Å². The third-order valence-electron chi connectivity index (χ3n) is 3.33. The highest BCUT2D eigenvalue weighted by atomic mass is 35.5. The van der Waals surface area contributed by atoms with Crippen molar-refractivity contribution < 1.29 is 0 Å². The zero-order valence-electron chi connectivity index (χ0n) is 10.8. The van der Waals surface area contributed by atoms with Gasteiger partial charge in [0.1, 0.15) is 0 Å². The molecule has 0 saturated carbocycles. The average molecular weight is 257 g/mol. The molecule has 1 saturated heterocycles. The number of piperazine rings is 1. The van der Waals surface area contributed by atoms with E-state index in [1.54, 1.807) is 0 Å². The zero-order chi connectivity index (χ0) is 12.4. The van der Waals surface area contributed by atoms with E-state index in [0.717, 1.165) is 49.0 Å². The molecule has 2 rings (SSSR count). The normalized spacial score (nSPS) is 22.0. The molecule has 1 aliphatic rings. The fraction of sp³-hybridized carbons (Fsp3) is 0.750. The lowest BCUT2D eigenvalue weighted by Crippen LogP contribution is -2.48. The van der Waals surface area contributed by atoms with Gasteiger partial charge in [-0.05, 0) is 13.3 Å². The quantitative estimate of drug-likeness (QED) is 0.888. The van der Waals surface area contributed by atoms with Crippen LogP contribution in [0.1, 0.15) is 25.2 Å². The van der Waals surface area contributed by atoms with Gasteiger partial charge in [0.15, 0.2) is 0 Å². The van der Waals surface area contributed by atoms with Gasteiger partial charge in [0.2, 0.25) is 0 Å². The number of rotatable bonds is 3. The van der Waals surface area contributed by atoms with Gasteiger partial charge in [0.25, 0.3) is 0 Å². The van der Waals surface area contributed by atoms with Crippen molar-refractivity contribution in [3.05, 3.63) is 16.4 Å². The molecule has 2 heterocycles. The van der Waals surface area contributed by atoms with Crippen LogP contribution in [0.3, 0.4) is 0 Å². The molecule has 96 valence electrons. The lowest BCUT2D eigenvalue weighted by Gasteiger charge is -2.31. The summed E-state index contributed by atoms with van der Waals surface area (Å²) in [4.78, 5) is 2.43. The van der Waals surface area contributed by atoms with Crippen LogP contribution in [0.5, 0.6) is 0 Å². The molecule has 1 fully saturated rings. The first-order valence-corrected chi connectivity index (χ1v) is 6.65. The summed E-state index contributed by atoms with van der Waals surface area (Å²) in [6.45, 7) is 8.40. The van der Waals surface area contributed by atoms with E-state index in [-0.39, 0.29) is 0 Å². The fourth-order valence-corrected chi connectivity index (χ4v) is 2.71. The lowest BCUT2D eigenvalue weighted by molar-refractivity contribution is 0.195. The highest BCUT2D eigenvalue weighted by Crippen LogP contribution is 2.22. The molecule has 5 heteroatoms. The molecule has 0 aromatic carbocycles. The Balaban J connectivity index is 2.10. The average Bonchev–Trinajstić information content (AvgIpc) is 2.56. The van der Waals surface area contributed by atoms with Crippen LogP contribution in [-0.4, -0.2) is 40.4 Å². The van der Waals surface area contributed by atoms with Crippen LogP contribution in [0.2, 0.25) is 5.02 Å². The van der Waals surface area contributed by atoms with Crippen molar-refractivity contribution in [3.63, 3.8) is 0 Å². The maximum atomic E-state index is 6.36. The van der Waals surface area contributed by atoms with Gasteiger partial charge in [-0.3, -0.25) is 9.58 Å². The Bertz CT molecular complexity index is 388. The van der Waals surface area contributed by atoms with E-state index < -0.39 is 0 Å². The van der Waals surface area contributed by atoms with Crippen LogP contribution in [0.25, 0.3) is 0 Å². The third-order valence-corrected chi connectivity index (χ3v) is 3.77. The Morgan fingerprint density at radius 1 is 1.53 bits per heavy atom. The smallest absolute Gasteiger partial charge is 0.0863 e. The van der Waals surface area contributed by atoms with Gasteiger partial charge in [-0.15, -0.1) is 0 Å². The maximum absolute atomic E-state index is 6.36. The Morgan fingerprint density at radius 2 is 2.29 bits per heavy atom. The minimum atomic E-state index is 0.557. The minimum absolute atomic E-state index is 0.557. The summed E-state index contributed by atoms with van der Waals surface area (Å²) < 4.78 is 1.92. The lowest BCUT2D eigenvalue weighted by atomic mass is 10.2. The monoisotopic (exact) mass is 256 g/mol. The molecule has 1 aromatic heterocycles. The molecular formula is C12H21ClN4. The van der Waals surface area contributed by atoms with Crippen LogP contribution in [0.15, 0.2) is 0 Å². The summed E-state index contributed by atoms with van der Waals surface area (Å²) in [5.41, 5.74) is 2.14. The molecule has 1 aromatic rings. The van der Waals surface area contributed by atoms with E-state index in [0.29, 0.717) is 6.04 Å². The predicted octanol–water partition coefficient (Wildman–Crippen LogP) is 1.43. The predicted molar refractivity (Wildman–Crippen MR) is 70.3 cm³/mol. The van der Waals surface area contributed by atoms with E-state index in [1.807, 2.05) is 11.7 Å². The molecule has 0 radical (unpaired) electrons. The number of halogens is 1. The molecule has 0 bridgehead atoms. The Hall–Kier alpha value is -0.580. The second kappa shape index (κ2) is 5.38. The molecular weight excluding hydrogens is 236 g/mol. The van der Waals surface area contributed by atoms with Gasteiger partial charge in [-0.1, -0.05) is 18.5 Å². The van der Waals surface area contributed by atoms with Crippen LogP contribution in [0.4, 0.5) is 0 Å². The van der Waals surface area contributed by atoms with E-state index in [4.69, 9.17) is 11.6 Å². The van der Waals surface area contributed by atoms with E-state index >= 15 is 0 Å². The third kappa shape index (κ3) is 2.81. The van der Waals surface area contributed by atoms with Crippen LogP contribution in [0, 0.1) is 0 Å². The van der Waals surface area contributed by atoms with Gasteiger partial charge in [-0.2, -0.15) is 5.10 Å². The van der Waals surface area contributed by atoms with Gasteiger partial charge in [0, 0.05) is 39.3 Å². The molecule has 1 N–H and O–H groups in total. The van der Waals surface area contributed by atoms with Crippen molar-refractivity contribution in [2.75, 3.05) is 19.6 Å². The number of hydrogen-bond acceptors (Lipinski definition) is 3. The zero-order valence-corrected chi connectivity index (χ0v) is 11.6. The molecule has 1 atom stereocenters. The number of aromatic nitrogens is 2. The van der Waals surface area contributed by atoms with Crippen LogP contribution in [-0.2, 0) is 20.0 Å². The van der Waals surface area contributed by atoms with Crippen molar-refractivity contribution in [1.29, 1.82) is 0 Å². The van der Waals surface area contributed by atoms with E-state index in [9.17, 15) is 0 Å². The summed E-state index contributed by atoms with van der Waals surface area (Å²) in [6.07, 6.45) is 0.893. The summed E-state index contributed by atoms with van der Waals surface area (Å²) in [7, 11) is 1.98. The second-order valence-corrected chi connectivity index (χ2v) is 5.15. The number of hydrogen-bond donors (Lipinski definition) is 1. The van der Waals surface area contributed by atoms with Gasteiger partial charge >= 0.3 is 0 Å². The highest BCUT2D eigenvalue weighted by Gasteiger charge is 2.20. The molecule has 4 nitrogen and oxygen atoms in total. The summed E-state index contributed by atoms with van der Waals surface area (Å²) in [5.74, 6) is 0. The highest BCUT2D eigenvalue weighted by molar-refractivity contribution is 6.31. The molecule has 0 aliphatic carbocycles. The SMILES string of the molecule is CCc1nn(C)c(CN2CCN[C@H](C)C2)c1Cl. The van der Waals surface area contributed by atoms with Crippen molar-refractivity contribution in [3.8, 4) is 0 Å². The van der Waals surface area contributed by atoms with E-state index in [1.165, 1.54) is 0 Å². The van der Waals surface area contributed by atoms with E-state index in [2.05, 4.69) is 29.2 Å². The second-order valence-electron chi connectivity index (χ2n) is 4.77. The Labute approximate surface area is 108 Å². The van der Waals surface area contributed by atoms with Gasteiger partial charge in [-0.25, -0.2) is 0 Å². The molecule has 0 unspecified atom stereocenters. The summed E-state index contributed by atoms with van der Waals surface area (Å²) >= 11 is 6.36. The first kappa shape index (κ1) is 12.9. The van der Waals surface area contributed by atoms with Crippen LogP contribution < -0.4 is 5.32 Å². The number of nitrogens with zero attached hydrogens (tertiary/aromatic N) is 3. The van der Waals surface area contributed by atoms with Crippen LogP contribution >= 0.6 is 11.6 Å². The number of nitrogens with one attached hydrogen (secondary N) is 1. The van der Waals surface area contributed by atoms with Crippen molar-refractivity contribution >= 4 is 11.6 Å². The first-order chi connectivity index (χ1) is 8.11. The molecule has 1 aliphatic heterocycles.